The molecule has 0 fully saturated rings. The SMILES string of the molecule is CCCCCCCCNC(=S)Nc1cccc(C(F)(F)F)c1. The number of halogens is 3. The van der Waals surface area contributed by atoms with Crippen LogP contribution in [0.1, 0.15) is 51.0 Å². The standard InChI is InChI=1S/C16H23F3N2S/c1-2-3-4-5-6-7-11-20-15(22)21-14-10-8-9-13(12-14)16(17,18)19/h8-10,12H,2-7,11H2,1H3,(H2,20,21,22). The number of hydrogen-bond acceptors (Lipinski definition) is 1. The van der Waals surface area contributed by atoms with E-state index in [0.717, 1.165) is 31.5 Å². The molecule has 1 aromatic rings. The third-order valence-electron chi connectivity index (χ3n) is 3.26. The second-order valence-corrected chi connectivity index (χ2v) is 5.64. The Hall–Kier alpha value is -1.30. The molecule has 0 aliphatic heterocycles. The molecule has 0 unspecified atom stereocenters. The highest BCUT2D eigenvalue weighted by Crippen LogP contribution is 2.30. The number of rotatable bonds is 8. The van der Waals surface area contributed by atoms with Gasteiger partial charge in [-0.3, -0.25) is 0 Å². The zero-order valence-corrected chi connectivity index (χ0v) is 13.6. The van der Waals surface area contributed by atoms with E-state index in [-0.39, 0.29) is 0 Å². The maximum atomic E-state index is 12.6. The van der Waals surface area contributed by atoms with Crippen molar-refractivity contribution in [3.8, 4) is 0 Å². The highest BCUT2D eigenvalue weighted by molar-refractivity contribution is 7.80. The maximum Gasteiger partial charge on any atom is 0.416 e. The fourth-order valence-corrected chi connectivity index (χ4v) is 2.28. The minimum Gasteiger partial charge on any atom is -0.362 e. The first-order valence-corrected chi connectivity index (χ1v) is 8.06. The molecule has 0 heterocycles. The molecular formula is C16H23F3N2S. The lowest BCUT2D eigenvalue weighted by molar-refractivity contribution is -0.137. The first-order chi connectivity index (χ1) is 10.4. The van der Waals surface area contributed by atoms with Gasteiger partial charge in [0, 0.05) is 12.2 Å². The highest BCUT2D eigenvalue weighted by atomic mass is 32.1. The van der Waals surface area contributed by atoms with E-state index in [4.69, 9.17) is 12.2 Å². The van der Waals surface area contributed by atoms with Gasteiger partial charge in [-0.15, -0.1) is 0 Å². The summed E-state index contributed by atoms with van der Waals surface area (Å²) in [5, 5.41) is 6.16. The first-order valence-electron chi connectivity index (χ1n) is 7.65. The smallest absolute Gasteiger partial charge is 0.362 e. The lowest BCUT2D eigenvalue weighted by Gasteiger charge is -2.12. The molecule has 0 saturated heterocycles. The second-order valence-electron chi connectivity index (χ2n) is 5.23. The number of alkyl halides is 3. The van der Waals surface area contributed by atoms with Crippen LogP contribution in [-0.4, -0.2) is 11.7 Å². The Morgan fingerprint density at radius 2 is 1.77 bits per heavy atom. The number of benzene rings is 1. The third kappa shape index (κ3) is 7.64. The molecule has 0 radical (unpaired) electrons. The quantitative estimate of drug-likeness (QED) is 0.495. The van der Waals surface area contributed by atoms with Crippen molar-refractivity contribution in [3.63, 3.8) is 0 Å². The summed E-state index contributed by atoms with van der Waals surface area (Å²) in [4.78, 5) is 0. The van der Waals surface area contributed by atoms with E-state index in [0.29, 0.717) is 10.8 Å². The van der Waals surface area contributed by atoms with Gasteiger partial charge in [0.15, 0.2) is 5.11 Å². The Labute approximate surface area is 135 Å². The van der Waals surface area contributed by atoms with E-state index in [1.807, 2.05) is 0 Å². The van der Waals surface area contributed by atoms with Crippen LogP contribution in [0, 0.1) is 0 Å². The van der Waals surface area contributed by atoms with Crippen LogP contribution >= 0.6 is 12.2 Å². The summed E-state index contributed by atoms with van der Waals surface area (Å²) in [5.41, 5.74) is -0.341. The van der Waals surface area contributed by atoms with Crippen molar-refractivity contribution >= 4 is 23.0 Å². The Morgan fingerprint density at radius 1 is 1.09 bits per heavy atom. The van der Waals surface area contributed by atoms with Crippen LogP contribution in [0.25, 0.3) is 0 Å². The van der Waals surface area contributed by atoms with E-state index >= 15 is 0 Å². The maximum absolute atomic E-state index is 12.6. The molecule has 0 bridgehead atoms. The average Bonchev–Trinajstić information content (AvgIpc) is 2.46. The van der Waals surface area contributed by atoms with Gasteiger partial charge in [-0.1, -0.05) is 45.1 Å². The zero-order chi connectivity index (χ0) is 16.4. The fraction of sp³-hybridized carbons (Fsp3) is 0.562. The van der Waals surface area contributed by atoms with Crippen molar-refractivity contribution in [1.29, 1.82) is 0 Å². The van der Waals surface area contributed by atoms with E-state index in [9.17, 15) is 13.2 Å². The monoisotopic (exact) mass is 332 g/mol. The van der Waals surface area contributed by atoms with Crippen molar-refractivity contribution < 1.29 is 13.2 Å². The molecule has 1 rings (SSSR count). The molecular weight excluding hydrogens is 309 g/mol. The highest BCUT2D eigenvalue weighted by Gasteiger charge is 2.30. The molecule has 0 spiro atoms. The number of nitrogens with one attached hydrogen (secondary N) is 2. The van der Waals surface area contributed by atoms with Crippen LogP contribution in [0.4, 0.5) is 18.9 Å². The Morgan fingerprint density at radius 3 is 2.45 bits per heavy atom. The minimum atomic E-state index is -4.34. The van der Waals surface area contributed by atoms with E-state index in [1.165, 1.54) is 31.7 Å². The van der Waals surface area contributed by atoms with E-state index in [1.54, 1.807) is 6.07 Å². The summed E-state index contributed by atoms with van der Waals surface area (Å²) < 4.78 is 37.8. The van der Waals surface area contributed by atoms with Gasteiger partial charge in [0.05, 0.1) is 5.56 Å². The topological polar surface area (TPSA) is 24.1 Å². The summed E-state index contributed by atoms with van der Waals surface area (Å²) in [6.45, 7) is 2.91. The van der Waals surface area contributed by atoms with Crippen LogP contribution in [0.3, 0.4) is 0 Å². The summed E-state index contributed by atoms with van der Waals surface area (Å²) in [7, 11) is 0. The van der Waals surface area contributed by atoms with Crippen LogP contribution in [0.15, 0.2) is 24.3 Å². The van der Waals surface area contributed by atoms with Gasteiger partial charge in [0.2, 0.25) is 0 Å². The lowest BCUT2D eigenvalue weighted by atomic mass is 10.1. The molecule has 0 atom stereocenters. The molecule has 2 N–H and O–H groups in total. The normalized spacial score (nSPS) is 11.3. The third-order valence-corrected chi connectivity index (χ3v) is 3.51. The van der Waals surface area contributed by atoms with Gasteiger partial charge in [-0.25, -0.2) is 0 Å². The molecule has 0 aromatic heterocycles. The van der Waals surface area contributed by atoms with Gasteiger partial charge < -0.3 is 10.6 Å². The van der Waals surface area contributed by atoms with Crippen LogP contribution in [0.5, 0.6) is 0 Å². The molecule has 0 aliphatic carbocycles. The van der Waals surface area contributed by atoms with Crippen molar-refractivity contribution in [2.75, 3.05) is 11.9 Å². The van der Waals surface area contributed by atoms with Gasteiger partial charge in [0.25, 0.3) is 0 Å². The molecule has 0 saturated carbocycles. The molecule has 22 heavy (non-hydrogen) atoms. The molecule has 124 valence electrons. The molecule has 0 amide bonds. The lowest BCUT2D eigenvalue weighted by Crippen LogP contribution is -2.29. The molecule has 1 aromatic carbocycles. The Kier molecular flexibility index (Phi) is 8.24. The molecule has 2 nitrogen and oxygen atoms in total. The predicted molar refractivity (Wildman–Crippen MR) is 89.0 cm³/mol. The summed E-state index contributed by atoms with van der Waals surface area (Å²) in [6, 6.07) is 5.02. The number of anilines is 1. The van der Waals surface area contributed by atoms with Crippen molar-refractivity contribution in [1.82, 2.24) is 5.32 Å². The second kappa shape index (κ2) is 9.66. The Balaban J connectivity index is 2.28. The fourth-order valence-electron chi connectivity index (χ4n) is 2.06. The average molecular weight is 332 g/mol. The Bertz CT molecular complexity index is 461. The van der Waals surface area contributed by atoms with Gasteiger partial charge in [0.1, 0.15) is 0 Å². The summed E-state index contributed by atoms with van der Waals surface area (Å²) in [5.74, 6) is 0. The number of hydrogen-bond donors (Lipinski definition) is 2. The molecule has 6 heteroatoms. The molecule has 0 aliphatic rings. The van der Waals surface area contributed by atoms with Crippen molar-refractivity contribution in [2.24, 2.45) is 0 Å². The first kappa shape index (κ1) is 18.7. The van der Waals surface area contributed by atoms with Crippen molar-refractivity contribution in [2.45, 2.75) is 51.6 Å². The van der Waals surface area contributed by atoms with Gasteiger partial charge in [-0.05, 0) is 36.8 Å². The number of unbranched alkanes of at least 4 members (excludes halogenated alkanes) is 5. The van der Waals surface area contributed by atoms with E-state index in [2.05, 4.69) is 17.6 Å². The van der Waals surface area contributed by atoms with E-state index < -0.39 is 11.7 Å². The van der Waals surface area contributed by atoms with Crippen LogP contribution in [0.2, 0.25) is 0 Å². The van der Waals surface area contributed by atoms with Gasteiger partial charge in [-0.2, -0.15) is 13.2 Å². The largest absolute Gasteiger partial charge is 0.416 e. The van der Waals surface area contributed by atoms with Crippen LogP contribution < -0.4 is 10.6 Å². The minimum absolute atomic E-state index is 0.343. The van der Waals surface area contributed by atoms with Crippen molar-refractivity contribution in [3.05, 3.63) is 29.8 Å². The van der Waals surface area contributed by atoms with Crippen LogP contribution in [-0.2, 0) is 6.18 Å². The zero-order valence-electron chi connectivity index (χ0n) is 12.8. The summed E-state index contributed by atoms with van der Waals surface area (Å²) >= 11 is 5.09. The summed E-state index contributed by atoms with van der Waals surface area (Å²) in [6.07, 6.45) is 2.76. The predicted octanol–water partition coefficient (Wildman–Crippen LogP) is 5.35. The number of thiocarbonyl (C=S) groups is 1. The van der Waals surface area contributed by atoms with Gasteiger partial charge >= 0.3 is 6.18 Å².